The number of hydrogen-bond donors (Lipinski definition) is 0. The lowest BCUT2D eigenvalue weighted by Crippen LogP contribution is -1.84. The molecule has 0 aromatic rings. The van der Waals surface area contributed by atoms with Gasteiger partial charge < -0.3 is 0 Å². The van der Waals surface area contributed by atoms with Gasteiger partial charge in [-0.25, -0.2) is 0 Å². The average Bonchev–Trinajstić information content (AvgIpc) is 2.28. The van der Waals surface area contributed by atoms with E-state index in [-0.39, 0.29) is 0 Å². The number of rotatable bonds is 2. The minimum Gasteiger partial charge on any atom is -0.298 e. The summed E-state index contributed by atoms with van der Waals surface area (Å²) in [4.78, 5) is 20.6. The quantitative estimate of drug-likeness (QED) is 0.551. The largest absolute Gasteiger partial charge is 0.298 e. The van der Waals surface area contributed by atoms with E-state index in [1.165, 1.54) is 0 Å². The van der Waals surface area contributed by atoms with Crippen molar-refractivity contribution in [1.29, 1.82) is 0 Å². The summed E-state index contributed by atoms with van der Waals surface area (Å²) in [5, 5.41) is 0. The molecule has 0 aromatic heterocycles. The highest BCUT2D eigenvalue weighted by atomic mass is 16.1. The van der Waals surface area contributed by atoms with Crippen LogP contribution in [0.4, 0.5) is 0 Å². The molecule has 0 heterocycles. The SMILES string of the molecule is O=CC1=CC=CCC(C=O)=C1. The Hall–Kier alpha value is -1.44. The van der Waals surface area contributed by atoms with Gasteiger partial charge in [0.1, 0.15) is 12.6 Å². The first kappa shape index (κ1) is 7.66. The van der Waals surface area contributed by atoms with Gasteiger partial charge in [0.15, 0.2) is 0 Å². The predicted octanol–water partition coefficient (Wildman–Crippen LogP) is 1.20. The summed E-state index contributed by atoms with van der Waals surface area (Å²) in [5.74, 6) is 0. The summed E-state index contributed by atoms with van der Waals surface area (Å²) in [6, 6.07) is 0. The molecule has 11 heavy (non-hydrogen) atoms. The molecule has 1 aliphatic carbocycles. The van der Waals surface area contributed by atoms with Gasteiger partial charge in [0, 0.05) is 5.57 Å². The minimum absolute atomic E-state index is 0.542. The molecule has 1 aliphatic rings. The highest BCUT2D eigenvalue weighted by Gasteiger charge is 1.97. The second kappa shape index (κ2) is 3.66. The van der Waals surface area contributed by atoms with Crippen LogP contribution in [0.5, 0.6) is 0 Å². The molecular formula is C9H8O2. The van der Waals surface area contributed by atoms with Crippen molar-refractivity contribution >= 4 is 12.6 Å². The smallest absolute Gasteiger partial charge is 0.150 e. The fourth-order valence-electron chi connectivity index (χ4n) is 0.860. The summed E-state index contributed by atoms with van der Waals surface area (Å²) in [6.45, 7) is 0. The van der Waals surface area contributed by atoms with Crippen LogP contribution in [0, 0.1) is 0 Å². The van der Waals surface area contributed by atoms with E-state index in [1.54, 1.807) is 18.2 Å². The topological polar surface area (TPSA) is 34.1 Å². The van der Waals surface area contributed by atoms with E-state index in [4.69, 9.17) is 0 Å². The van der Waals surface area contributed by atoms with Gasteiger partial charge in [-0.1, -0.05) is 18.2 Å². The second-order valence-electron chi connectivity index (χ2n) is 2.25. The zero-order chi connectivity index (χ0) is 8.10. The van der Waals surface area contributed by atoms with E-state index in [2.05, 4.69) is 0 Å². The molecule has 0 radical (unpaired) electrons. The predicted molar refractivity (Wildman–Crippen MR) is 42.1 cm³/mol. The van der Waals surface area contributed by atoms with Crippen molar-refractivity contribution in [1.82, 2.24) is 0 Å². The molecule has 0 unspecified atom stereocenters. The van der Waals surface area contributed by atoms with Gasteiger partial charge in [-0.15, -0.1) is 0 Å². The minimum atomic E-state index is 0.542. The Bertz CT molecular complexity index is 257. The summed E-state index contributed by atoms with van der Waals surface area (Å²) in [6.07, 6.45) is 9.01. The number of hydrogen-bond acceptors (Lipinski definition) is 2. The molecular weight excluding hydrogens is 140 g/mol. The lowest BCUT2D eigenvalue weighted by Gasteiger charge is -1.89. The van der Waals surface area contributed by atoms with Crippen LogP contribution in [-0.4, -0.2) is 12.6 Å². The Morgan fingerprint density at radius 3 is 2.73 bits per heavy atom. The van der Waals surface area contributed by atoms with Gasteiger partial charge >= 0.3 is 0 Å². The average molecular weight is 148 g/mol. The maximum Gasteiger partial charge on any atom is 0.150 e. The molecule has 0 bridgehead atoms. The maximum atomic E-state index is 10.3. The van der Waals surface area contributed by atoms with Crippen LogP contribution in [0.2, 0.25) is 0 Å². The molecule has 2 nitrogen and oxygen atoms in total. The molecule has 2 heteroatoms. The van der Waals surface area contributed by atoms with Crippen molar-refractivity contribution in [3.8, 4) is 0 Å². The first-order chi connectivity index (χ1) is 5.36. The van der Waals surface area contributed by atoms with E-state index in [0.29, 0.717) is 17.6 Å². The molecule has 1 rings (SSSR count). The van der Waals surface area contributed by atoms with Gasteiger partial charge in [0.25, 0.3) is 0 Å². The van der Waals surface area contributed by atoms with Crippen molar-refractivity contribution in [3.63, 3.8) is 0 Å². The van der Waals surface area contributed by atoms with Crippen LogP contribution in [-0.2, 0) is 9.59 Å². The molecule has 0 fully saturated rings. The number of allylic oxidation sites excluding steroid dienone is 6. The van der Waals surface area contributed by atoms with Crippen LogP contribution >= 0.6 is 0 Å². The zero-order valence-electron chi connectivity index (χ0n) is 5.99. The molecule has 0 N–H and O–H groups in total. The first-order valence-electron chi connectivity index (χ1n) is 3.34. The lowest BCUT2D eigenvalue weighted by atomic mass is 10.1. The Morgan fingerprint density at radius 1 is 1.27 bits per heavy atom. The maximum absolute atomic E-state index is 10.3. The highest BCUT2D eigenvalue weighted by molar-refractivity contribution is 5.84. The molecule has 0 saturated carbocycles. The van der Waals surface area contributed by atoms with Crippen LogP contribution in [0.25, 0.3) is 0 Å². The first-order valence-corrected chi connectivity index (χ1v) is 3.34. The van der Waals surface area contributed by atoms with E-state index >= 15 is 0 Å². The highest BCUT2D eigenvalue weighted by Crippen LogP contribution is 2.08. The summed E-state index contributed by atoms with van der Waals surface area (Å²) in [5.41, 5.74) is 1.18. The summed E-state index contributed by atoms with van der Waals surface area (Å²) < 4.78 is 0. The third-order valence-electron chi connectivity index (χ3n) is 1.42. The number of carbonyl (C=O) groups excluding carboxylic acids is 2. The van der Waals surface area contributed by atoms with Crippen molar-refractivity contribution in [3.05, 3.63) is 35.5 Å². The zero-order valence-corrected chi connectivity index (χ0v) is 5.99. The summed E-state index contributed by atoms with van der Waals surface area (Å²) >= 11 is 0. The molecule has 0 aliphatic heterocycles. The molecule has 56 valence electrons. The van der Waals surface area contributed by atoms with Crippen molar-refractivity contribution in [2.24, 2.45) is 0 Å². The van der Waals surface area contributed by atoms with Crippen LogP contribution in [0.15, 0.2) is 35.5 Å². The van der Waals surface area contributed by atoms with Crippen LogP contribution in [0.3, 0.4) is 0 Å². The van der Waals surface area contributed by atoms with Gasteiger partial charge in [-0.05, 0) is 18.1 Å². The van der Waals surface area contributed by atoms with Gasteiger partial charge in [-0.2, -0.15) is 0 Å². The Labute approximate surface area is 64.9 Å². The third kappa shape index (κ3) is 2.00. The fourth-order valence-corrected chi connectivity index (χ4v) is 0.860. The fraction of sp³-hybridized carbons (Fsp3) is 0.111. The molecule has 0 saturated heterocycles. The molecule has 0 atom stereocenters. The van der Waals surface area contributed by atoms with Gasteiger partial charge in [0.05, 0.1) is 0 Å². The monoisotopic (exact) mass is 148 g/mol. The van der Waals surface area contributed by atoms with E-state index in [1.807, 2.05) is 6.08 Å². The Balaban J connectivity index is 2.93. The van der Waals surface area contributed by atoms with E-state index < -0.39 is 0 Å². The second-order valence-corrected chi connectivity index (χ2v) is 2.25. The molecule has 0 aromatic carbocycles. The van der Waals surface area contributed by atoms with Crippen molar-refractivity contribution in [2.75, 3.05) is 0 Å². The van der Waals surface area contributed by atoms with E-state index in [0.717, 1.165) is 12.6 Å². The van der Waals surface area contributed by atoms with Crippen LogP contribution in [0.1, 0.15) is 6.42 Å². The number of carbonyl (C=O) groups is 2. The third-order valence-corrected chi connectivity index (χ3v) is 1.42. The van der Waals surface area contributed by atoms with Crippen LogP contribution < -0.4 is 0 Å². The van der Waals surface area contributed by atoms with E-state index in [9.17, 15) is 9.59 Å². The van der Waals surface area contributed by atoms with Crippen molar-refractivity contribution < 1.29 is 9.59 Å². The Morgan fingerprint density at radius 2 is 2.09 bits per heavy atom. The lowest BCUT2D eigenvalue weighted by molar-refractivity contribution is -0.105. The molecule has 0 spiro atoms. The standard InChI is InChI=1S/C9H8O2/c10-6-8-3-1-2-4-9(5-8)7-11/h1-3,5-7H,4H2. The van der Waals surface area contributed by atoms with Crippen molar-refractivity contribution in [2.45, 2.75) is 6.42 Å². The van der Waals surface area contributed by atoms with Gasteiger partial charge in [-0.3, -0.25) is 9.59 Å². The van der Waals surface area contributed by atoms with Gasteiger partial charge in [0.2, 0.25) is 0 Å². The summed E-state index contributed by atoms with van der Waals surface area (Å²) in [7, 11) is 0. The molecule has 0 amide bonds. The Kier molecular flexibility index (Phi) is 2.55. The normalized spacial score (nSPS) is 16.4. The number of aldehydes is 2.